The number of aromatic nitrogens is 1. The van der Waals surface area contributed by atoms with Gasteiger partial charge in [-0.15, -0.1) is 0 Å². The van der Waals surface area contributed by atoms with E-state index in [0.29, 0.717) is 5.56 Å². The molecule has 1 aromatic carbocycles. The second-order valence-corrected chi connectivity index (χ2v) is 6.71. The van der Waals surface area contributed by atoms with E-state index in [1.165, 1.54) is 29.2 Å². The van der Waals surface area contributed by atoms with Gasteiger partial charge in [-0.1, -0.05) is 6.07 Å². The summed E-state index contributed by atoms with van der Waals surface area (Å²) in [6.07, 6.45) is -0.0667. The molecule has 1 amide bonds. The van der Waals surface area contributed by atoms with Gasteiger partial charge in [0.25, 0.3) is 0 Å². The molecule has 0 bridgehead atoms. The second kappa shape index (κ2) is 5.19. The van der Waals surface area contributed by atoms with Gasteiger partial charge in [-0.25, -0.2) is 18.5 Å². The van der Waals surface area contributed by atoms with Crippen LogP contribution in [0.5, 0.6) is 0 Å². The largest absolute Gasteiger partial charge is 0.397 e. The Hall–Kier alpha value is -3.16. The van der Waals surface area contributed by atoms with Crippen LogP contribution in [0.1, 0.15) is 11.1 Å². The number of hydrogen-bond donors (Lipinski definition) is 3. The van der Waals surface area contributed by atoms with Gasteiger partial charge in [0.2, 0.25) is 15.9 Å². The smallest absolute Gasteiger partial charge is 0.238 e. The molecule has 0 fully saturated rings. The zero-order valence-corrected chi connectivity index (χ0v) is 13.0. The van der Waals surface area contributed by atoms with E-state index in [4.69, 9.17) is 21.9 Å². The molecule has 122 valence electrons. The maximum Gasteiger partial charge on any atom is 0.238 e. The summed E-state index contributed by atoms with van der Waals surface area (Å²) in [6, 6.07) is 7.42. The number of carbonyl (C=O) groups excluding carboxylic acids is 1. The number of rotatable bonds is 2. The van der Waals surface area contributed by atoms with Crippen LogP contribution in [0.4, 0.5) is 23.0 Å². The summed E-state index contributed by atoms with van der Waals surface area (Å²) in [5, 5.41) is 14.2. The standard InChI is InChI=1S/C14H12N6O3S/c15-6-10-12(16)9-5-11(21)20(14(9)19-13(10)17)7-2-1-3-8(4-7)24(18,22)23/h1-4H,5H2,(H4,16,17,19)(H2,18,22,23). The number of sulfonamides is 1. The van der Waals surface area contributed by atoms with Gasteiger partial charge in [0, 0.05) is 5.56 Å². The Morgan fingerprint density at radius 3 is 2.62 bits per heavy atom. The van der Waals surface area contributed by atoms with Gasteiger partial charge in [-0.3, -0.25) is 9.69 Å². The van der Waals surface area contributed by atoms with Crippen molar-refractivity contribution in [1.82, 2.24) is 4.98 Å². The minimum Gasteiger partial charge on any atom is -0.397 e. The lowest BCUT2D eigenvalue weighted by atomic mass is 10.1. The number of benzene rings is 1. The van der Waals surface area contributed by atoms with Gasteiger partial charge in [-0.2, -0.15) is 5.26 Å². The summed E-state index contributed by atoms with van der Waals surface area (Å²) in [5.74, 6) is -0.290. The fourth-order valence-corrected chi connectivity index (χ4v) is 3.09. The molecule has 0 saturated heterocycles. The Morgan fingerprint density at radius 1 is 1.29 bits per heavy atom. The Kier molecular flexibility index (Phi) is 3.40. The number of nitrogens with two attached hydrogens (primary N) is 3. The molecule has 2 aromatic rings. The Balaban J connectivity index is 2.21. The zero-order valence-electron chi connectivity index (χ0n) is 12.2. The minimum absolute atomic E-state index is 0.0155. The molecule has 0 unspecified atom stereocenters. The van der Waals surface area contributed by atoms with Crippen molar-refractivity contribution in [2.24, 2.45) is 5.14 Å². The van der Waals surface area contributed by atoms with Crippen molar-refractivity contribution in [3.8, 4) is 6.07 Å². The van der Waals surface area contributed by atoms with Crippen molar-refractivity contribution in [1.29, 1.82) is 5.26 Å². The Morgan fingerprint density at radius 2 is 2.00 bits per heavy atom. The number of anilines is 4. The number of fused-ring (bicyclic) bond motifs is 1. The van der Waals surface area contributed by atoms with Gasteiger partial charge < -0.3 is 11.5 Å². The Bertz CT molecular complexity index is 1030. The average Bonchev–Trinajstić information content (AvgIpc) is 2.83. The third kappa shape index (κ3) is 2.32. The molecule has 1 aliphatic heterocycles. The molecule has 6 N–H and O–H groups in total. The van der Waals surface area contributed by atoms with E-state index < -0.39 is 10.0 Å². The van der Waals surface area contributed by atoms with Gasteiger partial charge in [0.15, 0.2) is 0 Å². The van der Waals surface area contributed by atoms with Crippen LogP contribution in [0.2, 0.25) is 0 Å². The molecule has 0 saturated carbocycles. The molecule has 9 nitrogen and oxygen atoms in total. The number of primary sulfonamides is 1. The normalized spacial score (nSPS) is 13.7. The first-order valence-electron chi connectivity index (χ1n) is 6.67. The van der Waals surface area contributed by atoms with E-state index in [1.54, 1.807) is 0 Å². The van der Waals surface area contributed by atoms with Gasteiger partial charge >= 0.3 is 0 Å². The van der Waals surface area contributed by atoms with E-state index in [-0.39, 0.29) is 45.8 Å². The summed E-state index contributed by atoms with van der Waals surface area (Å²) >= 11 is 0. The van der Waals surface area contributed by atoms with Gasteiger partial charge in [0.05, 0.1) is 22.7 Å². The minimum atomic E-state index is -3.93. The van der Waals surface area contributed by atoms with Crippen molar-refractivity contribution in [2.75, 3.05) is 16.4 Å². The molecule has 0 spiro atoms. The van der Waals surface area contributed by atoms with Crippen LogP contribution >= 0.6 is 0 Å². The highest BCUT2D eigenvalue weighted by molar-refractivity contribution is 7.89. The van der Waals surface area contributed by atoms with E-state index >= 15 is 0 Å². The van der Waals surface area contributed by atoms with Crippen LogP contribution in [0, 0.1) is 11.3 Å². The molecule has 1 aromatic heterocycles. The quantitative estimate of drug-likeness (QED) is 0.687. The predicted octanol–water partition coefficient (Wildman–Crippen LogP) is -0.0141. The van der Waals surface area contributed by atoms with E-state index in [0.717, 1.165) is 0 Å². The fourth-order valence-electron chi connectivity index (χ4n) is 2.54. The van der Waals surface area contributed by atoms with Crippen molar-refractivity contribution >= 4 is 38.9 Å². The molecule has 0 aliphatic carbocycles. The van der Waals surface area contributed by atoms with Crippen molar-refractivity contribution < 1.29 is 13.2 Å². The third-order valence-corrected chi connectivity index (χ3v) is 4.56. The van der Waals surface area contributed by atoms with Crippen molar-refractivity contribution in [3.63, 3.8) is 0 Å². The van der Waals surface area contributed by atoms with Crippen LogP contribution < -0.4 is 21.5 Å². The summed E-state index contributed by atoms with van der Waals surface area (Å²) in [6.45, 7) is 0. The number of nitrogens with zero attached hydrogens (tertiary/aromatic N) is 3. The maximum atomic E-state index is 12.4. The number of nitrogen functional groups attached to an aromatic ring is 2. The Labute approximate surface area is 137 Å². The number of carbonyl (C=O) groups is 1. The highest BCUT2D eigenvalue weighted by Crippen LogP contribution is 2.39. The molecule has 2 heterocycles. The molecular weight excluding hydrogens is 332 g/mol. The van der Waals surface area contributed by atoms with Crippen LogP contribution in [0.3, 0.4) is 0 Å². The summed E-state index contributed by atoms with van der Waals surface area (Å²) in [4.78, 5) is 17.5. The van der Waals surface area contributed by atoms with Gasteiger partial charge in [0.1, 0.15) is 23.3 Å². The molecule has 24 heavy (non-hydrogen) atoms. The predicted molar refractivity (Wildman–Crippen MR) is 86.4 cm³/mol. The number of nitriles is 1. The first-order chi connectivity index (χ1) is 11.2. The maximum absolute atomic E-state index is 12.4. The number of amides is 1. The van der Waals surface area contributed by atoms with Crippen LogP contribution in [0.15, 0.2) is 29.2 Å². The van der Waals surface area contributed by atoms with E-state index in [1.807, 2.05) is 6.07 Å². The number of hydrogen-bond acceptors (Lipinski definition) is 7. The van der Waals surface area contributed by atoms with Crippen LogP contribution in [-0.2, 0) is 21.2 Å². The lowest BCUT2D eigenvalue weighted by Crippen LogP contribution is -2.22. The monoisotopic (exact) mass is 344 g/mol. The highest BCUT2D eigenvalue weighted by Gasteiger charge is 2.34. The van der Waals surface area contributed by atoms with Crippen LogP contribution in [0.25, 0.3) is 0 Å². The molecule has 10 heteroatoms. The van der Waals surface area contributed by atoms with Crippen molar-refractivity contribution in [2.45, 2.75) is 11.3 Å². The third-order valence-electron chi connectivity index (χ3n) is 3.65. The van der Waals surface area contributed by atoms with Gasteiger partial charge in [-0.05, 0) is 18.2 Å². The molecule has 1 aliphatic rings. The zero-order chi connectivity index (χ0) is 17.6. The van der Waals surface area contributed by atoms with E-state index in [9.17, 15) is 13.2 Å². The fraction of sp³-hybridized carbons (Fsp3) is 0.0714. The first kappa shape index (κ1) is 15.7. The van der Waals surface area contributed by atoms with Crippen LogP contribution in [-0.4, -0.2) is 19.3 Å². The lowest BCUT2D eigenvalue weighted by molar-refractivity contribution is -0.116. The first-order valence-corrected chi connectivity index (χ1v) is 8.22. The second-order valence-electron chi connectivity index (χ2n) is 5.15. The molecular formula is C14H12N6O3S. The van der Waals surface area contributed by atoms with Crippen molar-refractivity contribution in [3.05, 3.63) is 35.4 Å². The lowest BCUT2D eigenvalue weighted by Gasteiger charge is -2.18. The molecule has 0 radical (unpaired) electrons. The molecule has 0 atom stereocenters. The number of pyridine rings is 1. The highest BCUT2D eigenvalue weighted by atomic mass is 32.2. The SMILES string of the molecule is N#Cc1c(N)nc2c(c1N)CC(=O)N2c1cccc(S(N)(=O)=O)c1. The topological polar surface area (TPSA) is 169 Å². The summed E-state index contributed by atoms with van der Waals surface area (Å²) < 4.78 is 23.0. The average molecular weight is 344 g/mol. The van der Waals surface area contributed by atoms with E-state index in [2.05, 4.69) is 4.98 Å². The molecule has 3 rings (SSSR count). The summed E-state index contributed by atoms with van der Waals surface area (Å²) in [7, 11) is -3.93. The summed E-state index contributed by atoms with van der Waals surface area (Å²) in [5.41, 5.74) is 12.4.